The highest BCUT2D eigenvalue weighted by Gasteiger charge is 2.12. The van der Waals surface area contributed by atoms with Gasteiger partial charge in [0, 0.05) is 39.4 Å². The highest BCUT2D eigenvalue weighted by molar-refractivity contribution is 5.79. The average Bonchev–Trinajstić information content (AvgIpc) is 2.62. The third kappa shape index (κ3) is 6.08. The molecule has 0 aromatic carbocycles. The molecule has 128 valence electrons. The molecule has 0 unspecified atom stereocenters. The van der Waals surface area contributed by atoms with Crippen LogP contribution in [-0.4, -0.2) is 37.6 Å². The predicted molar refractivity (Wildman–Crippen MR) is 98.0 cm³/mol. The molecule has 1 saturated heterocycles. The maximum Gasteiger partial charge on any atom is 0.191 e. The average molecular weight is 317 g/mol. The summed E-state index contributed by atoms with van der Waals surface area (Å²) >= 11 is 0. The van der Waals surface area contributed by atoms with Crippen molar-refractivity contribution in [3.05, 3.63) is 23.9 Å². The molecule has 5 nitrogen and oxygen atoms in total. The van der Waals surface area contributed by atoms with Crippen LogP contribution in [-0.2, 0) is 6.54 Å². The minimum atomic E-state index is 0.775. The second-order valence-electron chi connectivity index (χ2n) is 6.13. The van der Waals surface area contributed by atoms with Gasteiger partial charge in [0.15, 0.2) is 5.96 Å². The maximum atomic E-state index is 4.53. The van der Waals surface area contributed by atoms with E-state index in [0.717, 1.165) is 38.0 Å². The number of hydrogen-bond donors (Lipinski definition) is 2. The minimum absolute atomic E-state index is 0.775. The molecule has 0 bridgehead atoms. The molecule has 2 heterocycles. The second kappa shape index (κ2) is 10.1. The molecule has 0 saturated carbocycles. The predicted octanol–water partition coefficient (Wildman–Crippen LogP) is 2.93. The van der Waals surface area contributed by atoms with E-state index in [1.54, 1.807) is 0 Å². The summed E-state index contributed by atoms with van der Waals surface area (Å²) < 4.78 is 0. The van der Waals surface area contributed by atoms with E-state index in [0.29, 0.717) is 0 Å². The van der Waals surface area contributed by atoms with Crippen molar-refractivity contribution in [2.75, 3.05) is 31.6 Å². The monoisotopic (exact) mass is 317 g/mol. The zero-order valence-electron chi connectivity index (χ0n) is 14.6. The van der Waals surface area contributed by atoms with Gasteiger partial charge in [-0.1, -0.05) is 19.8 Å². The maximum absolute atomic E-state index is 4.53. The number of pyridine rings is 1. The van der Waals surface area contributed by atoms with Crippen LogP contribution in [0.3, 0.4) is 0 Å². The summed E-state index contributed by atoms with van der Waals surface area (Å²) in [6, 6.07) is 4.27. The highest BCUT2D eigenvalue weighted by atomic mass is 15.2. The van der Waals surface area contributed by atoms with Crippen molar-refractivity contribution in [2.45, 2.75) is 52.0 Å². The summed E-state index contributed by atoms with van der Waals surface area (Å²) in [6.07, 6.45) is 9.50. The van der Waals surface area contributed by atoms with Gasteiger partial charge in [-0.3, -0.25) is 4.99 Å². The summed E-state index contributed by atoms with van der Waals surface area (Å²) in [5.74, 6) is 1.98. The number of hydrogen-bond acceptors (Lipinski definition) is 3. The van der Waals surface area contributed by atoms with Gasteiger partial charge >= 0.3 is 0 Å². The van der Waals surface area contributed by atoms with Crippen molar-refractivity contribution >= 4 is 11.8 Å². The lowest BCUT2D eigenvalue weighted by molar-refractivity contribution is 0.573. The van der Waals surface area contributed by atoms with Crippen LogP contribution in [0.4, 0.5) is 5.82 Å². The summed E-state index contributed by atoms with van der Waals surface area (Å²) in [7, 11) is 1.82. The van der Waals surface area contributed by atoms with E-state index in [1.165, 1.54) is 44.1 Å². The van der Waals surface area contributed by atoms with Crippen LogP contribution in [0.5, 0.6) is 0 Å². The van der Waals surface area contributed by atoms with Crippen molar-refractivity contribution in [1.82, 2.24) is 15.6 Å². The first-order chi connectivity index (χ1) is 11.3. The smallest absolute Gasteiger partial charge is 0.191 e. The molecular weight excluding hydrogens is 286 g/mol. The highest BCUT2D eigenvalue weighted by Crippen LogP contribution is 2.18. The molecule has 23 heavy (non-hydrogen) atoms. The molecular formula is C18H31N5. The third-order valence-corrected chi connectivity index (χ3v) is 4.25. The van der Waals surface area contributed by atoms with Gasteiger partial charge in [0.1, 0.15) is 5.82 Å². The van der Waals surface area contributed by atoms with Gasteiger partial charge in [0.05, 0.1) is 0 Å². The molecule has 5 heteroatoms. The zero-order valence-corrected chi connectivity index (χ0v) is 14.6. The first-order valence-corrected chi connectivity index (χ1v) is 8.98. The Balaban J connectivity index is 1.82. The van der Waals surface area contributed by atoms with E-state index in [-0.39, 0.29) is 0 Å². The van der Waals surface area contributed by atoms with Crippen LogP contribution in [0.2, 0.25) is 0 Å². The van der Waals surface area contributed by atoms with Crippen LogP contribution in [0, 0.1) is 0 Å². The van der Waals surface area contributed by atoms with Crippen molar-refractivity contribution in [2.24, 2.45) is 4.99 Å². The minimum Gasteiger partial charge on any atom is -0.357 e. The van der Waals surface area contributed by atoms with E-state index in [4.69, 9.17) is 0 Å². The number of aromatic nitrogens is 1. The van der Waals surface area contributed by atoms with Crippen molar-refractivity contribution < 1.29 is 0 Å². The van der Waals surface area contributed by atoms with Crippen molar-refractivity contribution in [3.63, 3.8) is 0 Å². The summed E-state index contributed by atoms with van der Waals surface area (Å²) in [5.41, 5.74) is 1.25. The van der Waals surface area contributed by atoms with Crippen LogP contribution in [0.25, 0.3) is 0 Å². The lowest BCUT2D eigenvalue weighted by atomic mass is 10.1. The Morgan fingerprint density at radius 2 is 2.04 bits per heavy atom. The van der Waals surface area contributed by atoms with Gasteiger partial charge < -0.3 is 15.5 Å². The van der Waals surface area contributed by atoms with Gasteiger partial charge in [-0.15, -0.1) is 0 Å². The molecule has 0 aliphatic carbocycles. The van der Waals surface area contributed by atoms with E-state index in [1.807, 2.05) is 13.2 Å². The second-order valence-corrected chi connectivity index (χ2v) is 6.13. The standard InChI is InChI=1S/C18H31N5/c1-3-4-6-10-21-18(19-2)22-15-16-9-11-20-17(14-16)23-12-7-5-8-13-23/h9,11,14H,3-8,10,12-13,15H2,1-2H3,(H2,19,21,22). The van der Waals surface area contributed by atoms with Crippen molar-refractivity contribution in [1.29, 1.82) is 0 Å². The molecule has 0 atom stereocenters. The molecule has 2 rings (SSSR count). The van der Waals surface area contributed by atoms with E-state index in [2.05, 4.69) is 44.6 Å². The Morgan fingerprint density at radius 1 is 1.22 bits per heavy atom. The van der Waals surface area contributed by atoms with Gasteiger partial charge in [0.2, 0.25) is 0 Å². The first kappa shape index (κ1) is 17.6. The van der Waals surface area contributed by atoms with Gasteiger partial charge in [-0.05, 0) is 43.4 Å². The zero-order chi connectivity index (χ0) is 16.3. The molecule has 0 amide bonds. The van der Waals surface area contributed by atoms with Gasteiger partial charge in [0.25, 0.3) is 0 Å². The Morgan fingerprint density at radius 3 is 2.78 bits per heavy atom. The Labute approximate surface area is 140 Å². The van der Waals surface area contributed by atoms with E-state index < -0.39 is 0 Å². The van der Waals surface area contributed by atoms with Gasteiger partial charge in [-0.25, -0.2) is 4.98 Å². The molecule has 1 aromatic heterocycles. The number of anilines is 1. The summed E-state index contributed by atoms with van der Waals surface area (Å²) in [6.45, 7) is 6.23. The lowest BCUT2D eigenvalue weighted by Gasteiger charge is -2.28. The fraction of sp³-hybridized carbons (Fsp3) is 0.667. The summed E-state index contributed by atoms with van der Waals surface area (Å²) in [5, 5.41) is 6.75. The quantitative estimate of drug-likeness (QED) is 0.461. The molecule has 1 aliphatic rings. The van der Waals surface area contributed by atoms with E-state index >= 15 is 0 Å². The molecule has 1 aromatic rings. The Bertz CT molecular complexity index is 480. The molecule has 2 N–H and O–H groups in total. The van der Waals surface area contributed by atoms with Gasteiger partial charge in [-0.2, -0.15) is 0 Å². The topological polar surface area (TPSA) is 52.6 Å². The number of unbranched alkanes of at least 4 members (excludes halogenated alkanes) is 2. The SMILES string of the molecule is CCCCCNC(=NC)NCc1ccnc(N2CCCCC2)c1. The van der Waals surface area contributed by atoms with E-state index in [9.17, 15) is 0 Å². The normalized spacial score (nSPS) is 15.6. The third-order valence-electron chi connectivity index (χ3n) is 4.25. The fourth-order valence-corrected chi connectivity index (χ4v) is 2.85. The fourth-order valence-electron chi connectivity index (χ4n) is 2.85. The van der Waals surface area contributed by atoms with Crippen LogP contribution >= 0.6 is 0 Å². The number of nitrogens with zero attached hydrogens (tertiary/aromatic N) is 3. The Kier molecular flexibility index (Phi) is 7.70. The molecule has 1 fully saturated rings. The number of nitrogens with one attached hydrogen (secondary N) is 2. The van der Waals surface area contributed by atoms with Crippen LogP contribution < -0.4 is 15.5 Å². The van der Waals surface area contributed by atoms with Crippen LogP contribution in [0.15, 0.2) is 23.3 Å². The molecule has 0 spiro atoms. The number of aliphatic imine (C=N–C) groups is 1. The Hall–Kier alpha value is -1.78. The number of rotatable bonds is 7. The lowest BCUT2D eigenvalue weighted by Crippen LogP contribution is -2.37. The molecule has 0 radical (unpaired) electrons. The first-order valence-electron chi connectivity index (χ1n) is 8.98. The summed E-state index contributed by atoms with van der Waals surface area (Å²) in [4.78, 5) is 11.2. The largest absolute Gasteiger partial charge is 0.357 e. The number of guanidine groups is 1. The van der Waals surface area contributed by atoms with Crippen molar-refractivity contribution in [3.8, 4) is 0 Å². The number of piperidine rings is 1. The van der Waals surface area contributed by atoms with Crippen LogP contribution in [0.1, 0.15) is 51.0 Å². The molecule has 1 aliphatic heterocycles.